The number of benzene rings is 1. The molecule has 1 aromatic carbocycles. The lowest BCUT2D eigenvalue weighted by Crippen LogP contribution is -1.98. The molecule has 3 rings (SSSR count). The number of thiazole rings is 1. The second-order valence-corrected chi connectivity index (χ2v) is 6.23. The van der Waals surface area contributed by atoms with Crippen molar-refractivity contribution in [2.45, 2.75) is 19.8 Å². The summed E-state index contributed by atoms with van der Waals surface area (Å²) in [5.74, 6) is 0.194. The number of nitrogens with two attached hydrogens (primary N) is 1. The highest BCUT2D eigenvalue weighted by Gasteiger charge is 2.18. The molecular formula is C15H14ClN3S. The number of hydrogen-bond donors (Lipinski definition) is 1. The van der Waals surface area contributed by atoms with E-state index in [1.165, 1.54) is 16.2 Å². The van der Waals surface area contributed by atoms with Gasteiger partial charge in [0, 0.05) is 27.4 Å². The van der Waals surface area contributed by atoms with Crippen molar-refractivity contribution in [1.29, 1.82) is 0 Å². The molecule has 3 nitrogen and oxygen atoms in total. The van der Waals surface area contributed by atoms with Crippen LogP contribution in [0, 0.1) is 6.92 Å². The zero-order valence-electron chi connectivity index (χ0n) is 11.2. The molecule has 0 spiro atoms. The van der Waals surface area contributed by atoms with E-state index in [1.54, 1.807) is 6.20 Å². The first-order valence-electron chi connectivity index (χ1n) is 6.34. The van der Waals surface area contributed by atoms with Gasteiger partial charge in [-0.15, -0.1) is 11.3 Å². The topological polar surface area (TPSA) is 51.8 Å². The summed E-state index contributed by atoms with van der Waals surface area (Å²) in [6, 6.07) is 7.86. The van der Waals surface area contributed by atoms with Gasteiger partial charge in [-0.1, -0.05) is 24.6 Å². The monoisotopic (exact) mass is 303 g/mol. The van der Waals surface area contributed by atoms with Crippen molar-refractivity contribution in [1.82, 2.24) is 9.97 Å². The van der Waals surface area contributed by atoms with Crippen molar-refractivity contribution >= 4 is 39.0 Å². The third-order valence-corrected chi connectivity index (χ3v) is 4.96. The first-order valence-corrected chi connectivity index (χ1v) is 7.53. The zero-order chi connectivity index (χ0) is 14.3. The Bertz CT molecular complexity index is 782. The standard InChI is InChI=1S/C15H14ClN3S/c1-8(14-9(2)19-15(17)20-14)10-5-6-12(16)11-4-3-7-18-13(10)11/h3-8H,1-2H3,(H2,17,19). The van der Waals surface area contributed by atoms with E-state index in [4.69, 9.17) is 17.3 Å². The summed E-state index contributed by atoms with van der Waals surface area (Å²) in [4.78, 5) is 9.98. The molecule has 1 atom stereocenters. The molecule has 5 heteroatoms. The molecule has 1 unspecified atom stereocenters. The molecule has 2 heterocycles. The molecule has 0 fully saturated rings. The Balaban J connectivity index is 2.20. The fourth-order valence-electron chi connectivity index (χ4n) is 2.48. The summed E-state index contributed by atoms with van der Waals surface area (Å²) in [7, 11) is 0. The minimum atomic E-state index is 0.194. The maximum Gasteiger partial charge on any atom is 0.180 e. The largest absolute Gasteiger partial charge is 0.375 e. The van der Waals surface area contributed by atoms with Gasteiger partial charge in [-0.25, -0.2) is 4.98 Å². The number of nitrogens with zero attached hydrogens (tertiary/aromatic N) is 2. The molecule has 0 aliphatic carbocycles. The molecule has 102 valence electrons. The SMILES string of the molecule is Cc1nc(N)sc1C(C)c1ccc(Cl)c2cccnc12. The van der Waals surface area contributed by atoms with Gasteiger partial charge in [-0.05, 0) is 30.7 Å². The normalized spacial score (nSPS) is 12.8. The van der Waals surface area contributed by atoms with Crippen molar-refractivity contribution in [3.8, 4) is 0 Å². The fraction of sp³-hybridized carbons (Fsp3) is 0.200. The molecule has 20 heavy (non-hydrogen) atoms. The Morgan fingerprint density at radius 3 is 2.80 bits per heavy atom. The van der Waals surface area contributed by atoms with Crippen LogP contribution in [0.5, 0.6) is 0 Å². The van der Waals surface area contributed by atoms with Crippen LogP contribution < -0.4 is 5.73 Å². The van der Waals surface area contributed by atoms with Crippen LogP contribution in [-0.4, -0.2) is 9.97 Å². The van der Waals surface area contributed by atoms with Crippen LogP contribution in [-0.2, 0) is 0 Å². The number of pyridine rings is 1. The number of nitrogen functional groups attached to an aromatic ring is 1. The lowest BCUT2D eigenvalue weighted by Gasteiger charge is -2.13. The van der Waals surface area contributed by atoms with Crippen LogP contribution >= 0.6 is 22.9 Å². The van der Waals surface area contributed by atoms with Gasteiger partial charge in [0.25, 0.3) is 0 Å². The number of rotatable bonds is 2. The fourth-order valence-corrected chi connectivity index (χ4v) is 3.60. The lowest BCUT2D eigenvalue weighted by atomic mass is 9.96. The second-order valence-electron chi connectivity index (χ2n) is 4.76. The van der Waals surface area contributed by atoms with Gasteiger partial charge in [0.15, 0.2) is 5.13 Å². The summed E-state index contributed by atoms with van der Waals surface area (Å²) < 4.78 is 0. The first-order chi connectivity index (χ1) is 9.58. The molecule has 2 aromatic heterocycles. The van der Waals surface area contributed by atoms with Crippen LogP contribution in [0.2, 0.25) is 5.02 Å². The maximum atomic E-state index is 6.25. The van der Waals surface area contributed by atoms with E-state index in [2.05, 4.69) is 16.9 Å². The van der Waals surface area contributed by atoms with Crippen molar-refractivity contribution in [3.05, 3.63) is 51.6 Å². The number of fused-ring (bicyclic) bond motifs is 1. The Morgan fingerprint density at radius 2 is 2.10 bits per heavy atom. The average Bonchev–Trinajstić information content (AvgIpc) is 2.78. The molecular weight excluding hydrogens is 290 g/mol. The third kappa shape index (κ3) is 2.15. The van der Waals surface area contributed by atoms with E-state index in [0.29, 0.717) is 5.13 Å². The van der Waals surface area contributed by atoms with E-state index in [0.717, 1.165) is 27.2 Å². The quantitative estimate of drug-likeness (QED) is 0.764. The highest BCUT2D eigenvalue weighted by atomic mass is 35.5. The predicted octanol–water partition coefficient (Wildman–Crippen LogP) is 4.39. The third-order valence-electron chi connectivity index (χ3n) is 3.46. The number of halogens is 1. The predicted molar refractivity (Wildman–Crippen MR) is 85.5 cm³/mol. The van der Waals surface area contributed by atoms with Crippen molar-refractivity contribution in [3.63, 3.8) is 0 Å². The van der Waals surface area contributed by atoms with Gasteiger partial charge in [0.2, 0.25) is 0 Å². The van der Waals surface area contributed by atoms with Crippen molar-refractivity contribution in [2.75, 3.05) is 5.73 Å². The van der Waals surface area contributed by atoms with E-state index in [-0.39, 0.29) is 5.92 Å². The summed E-state index contributed by atoms with van der Waals surface area (Å²) in [5, 5.41) is 2.31. The number of aromatic nitrogens is 2. The van der Waals surface area contributed by atoms with Crippen LogP contribution in [0.4, 0.5) is 5.13 Å². The van der Waals surface area contributed by atoms with Crippen molar-refractivity contribution < 1.29 is 0 Å². The maximum absolute atomic E-state index is 6.25. The van der Waals surface area contributed by atoms with Gasteiger partial charge in [-0.2, -0.15) is 0 Å². The van der Waals surface area contributed by atoms with E-state index < -0.39 is 0 Å². The Kier molecular flexibility index (Phi) is 3.36. The Hall–Kier alpha value is -1.65. The van der Waals surface area contributed by atoms with E-state index in [1.807, 2.05) is 31.2 Å². The smallest absolute Gasteiger partial charge is 0.180 e. The molecule has 0 radical (unpaired) electrons. The van der Waals surface area contributed by atoms with Crippen molar-refractivity contribution in [2.24, 2.45) is 0 Å². The molecule has 0 saturated carbocycles. The summed E-state index contributed by atoms with van der Waals surface area (Å²) in [6.45, 7) is 4.14. The molecule has 0 amide bonds. The summed E-state index contributed by atoms with van der Waals surface area (Å²) in [6.07, 6.45) is 1.79. The van der Waals surface area contributed by atoms with Gasteiger partial charge in [0.05, 0.1) is 11.2 Å². The lowest BCUT2D eigenvalue weighted by molar-refractivity contribution is 0.933. The molecule has 0 saturated heterocycles. The highest BCUT2D eigenvalue weighted by Crippen LogP contribution is 2.36. The van der Waals surface area contributed by atoms with Gasteiger partial charge in [-0.3, -0.25) is 4.98 Å². The molecule has 0 aliphatic rings. The minimum Gasteiger partial charge on any atom is -0.375 e. The Labute approximate surface area is 126 Å². The van der Waals surface area contributed by atoms with Gasteiger partial charge < -0.3 is 5.73 Å². The van der Waals surface area contributed by atoms with E-state index in [9.17, 15) is 0 Å². The summed E-state index contributed by atoms with van der Waals surface area (Å²) >= 11 is 7.78. The molecule has 0 bridgehead atoms. The Morgan fingerprint density at radius 1 is 1.30 bits per heavy atom. The molecule has 0 aliphatic heterocycles. The molecule has 2 N–H and O–H groups in total. The number of aryl methyl sites for hydroxylation is 1. The number of hydrogen-bond acceptors (Lipinski definition) is 4. The highest BCUT2D eigenvalue weighted by molar-refractivity contribution is 7.15. The second kappa shape index (κ2) is 5.04. The zero-order valence-corrected chi connectivity index (χ0v) is 12.8. The minimum absolute atomic E-state index is 0.194. The van der Waals surface area contributed by atoms with Crippen LogP contribution in [0.3, 0.4) is 0 Å². The summed E-state index contributed by atoms with van der Waals surface area (Å²) in [5.41, 5.74) is 8.88. The molecule has 3 aromatic rings. The van der Waals surface area contributed by atoms with Gasteiger partial charge >= 0.3 is 0 Å². The first kappa shape index (κ1) is 13.3. The van der Waals surface area contributed by atoms with Crippen LogP contribution in [0.1, 0.15) is 29.0 Å². The van der Waals surface area contributed by atoms with Gasteiger partial charge in [0.1, 0.15) is 0 Å². The van der Waals surface area contributed by atoms with Crippen LogP contribution in [0.15, 0.2) is 30.5 Å². The van der Waals surface area contributed by atoms with Crippen LogP contribution in [0.25, 0.3) is 10.9 Å². The average molecular weight is 304 g/mol. The van der Waals surface area contributed by atoms with E-state index >= 15 is 0 Å². The number of anilines is 1.